The van der Waals surface area contributed by atoms with E-state index in [9.17, 15) is 9.59 Å². The molecular formula is C20H30NO4+. The van der Waals surface area contributed by atoms with Gasteiger partial charge in [-0.2, -0.15) is 0 Å². The molecule has 1 rings (SSSR count). The molecule has 0 N–H and O–H groups in total. The molecule has 0 spiro atoms. The van der Waals surface area contributed by atoms with Crippen molar-refractivity contribution in [2.75, 3.05) is 34.3 Å². The van der Waals surface area contributed by atoms with Crippen LogP contribution in [0.4, 0.5) is 0 Å². The Morgan fingerprint density at radius 2 is 1.84 bits per heavy atom. The molecule has 0 bridgehead atoms. The summed E-state index contributed by atoms with van der Waals surface area (Å²) in [7, 11) is 6.30. The summed E-state index contributed by atoms with van der Waals surface area (Å²) in [5.74, 6) is -0.769. The number of esters is 2. The standard InChI is InChI=1S/C20H30NO4/c1-20(2,3)25-18(22)12-11-16-9-7-10-17(15-16)19(23)24-14-8-13-21(4,5)6/h7,9-12,15H,8,13-14H2,1-6H3/q+1/b12-11+. The van der Waals surface area contributed by atoms with Crippen LogP contribution in [0.2, 0.25) is 0 Å². The Hall–Kier alpha value is -2.14. The predicted octanol–water partition coefficient (Wildman–Crippen LogP) is 3.29. The van der Waals surface area contributed by atoms with E-state index < -0.39 is 11.6 Å². The zero-order chi connectivity index (χ0) is 19.1. The maximum Gasteiger partial charge on any atom is 0.338 e. The van der Waals surface area contributed by atoms with Gasteiger partial charge in [0, 0.05) is 12.5 Å². The Morgan fingerprint density at radius 3 is 2.44 bits per heavy atom. The average molecular weight is 348 g/mol. The third kappa shape index (κ3) is 9.67. The molecule has 0 amide bonds. The Bertz CT molecular complexity index is 621. The first-order valence-electron chi connectivity index (χ1n) is 8.45. The van der Waals surface area contributed by atoms with Crippen molar-refractivity contribution in [1.29, 1.82) is 0 Å². The Morgan fingerprint density at radius 1 is 1.16 bits per heavy atom. The second-order valence-electron chi connectivity index (χ2n) is 8.00. The van der Waals surface area contributed by atoms with Crippen LogP contribution in [0.25, 0.3) is 6.08 Å². The van der Waals surface area contributed by atoms with Crippen molar-refractivity contribution in [2.24, 2.45) is 0 Å². The number of hydrogen-bond acceptors (Lipinski definition) is 4. The summed E-state index contributed by atoms with van der Waals surface area (Å²) in [6.07, 6.45) is 3.80. The van der Waals surface area contributed by atoms with Crippen LogP contribution in [-0.4, -0.2) is 56.3 Å². The number of hydrogen-bond donors (Lipinski definition) is 0. The van der Waals surface area contributed by atoms with Crippen LogP contribution < -0.4 is 0 Å². The van der Waals surface area contributed by atoms with E-state index in [0.29, 0.717) is 12.2 Å². The summed E-state index contributed by atoms with van der Waals surface area (Å²) >= 11 is 0. The Balaban J connectivity index is 2.59. The molecule has 1 aromatic carbocycles. The highest BCUT2D eigenvalue weighted by molar-refractivity contribution is 5.91. The van der Waals surface area contributed by atoms with Crippen LogP contribution in [0, 0.1) is 0 Å². The van der Waals surface area contributed by atoms with Crippen molar-refractivity contribution < 1.29 is 23.5 Å². The molecule has 0 atom stereocenters. The lowest BCUT2D eigenvalue weighted by atomic mass is 10.1. The number of benzene rings is 1. The van der Waals surface area contributed by atoms with Gasteiger partial charge in [-0.15, -0.1) is 0 Å². The number of carbonyl (C=O) groups is 2. The van der Waals surface area contributed by atoms with E-state index in [1.807, 2.05) is 26.8 Å². The highest BCUT2D eigenvalue weighted by Gasteiger charge is 2.14. The summed E-state index contributed by atoms with van der Waals surface area (Å²) in [6.45, 7) is 6.77. The molecule has 1 aromatic rings. The second kappa shape index (κ2) is 8.81. The second-order valence-corrected chi connectivity index (χ2v) is 8.00. The van der Waals surface area contributed by atoms with Gasteiger partial charge in [-0.05, 0) is 44.5 Å². The van der Waals surface area contributed by atoms with Crippen molar-refractivity contribution in [3.63, 3.8) is 0 Å². The fraction of sp³-hybridized carbons (Fsp3) is 0.500. The average Bonchev–Trinajstić information content (AvgIpc) is 2.47. The Labute approximate surface area is 150 Å². The Kier molecular flexibility index (Phi) is 7.37. The molecule has 0 aliphatic heterocycles. The molecule has 0 aliphatic rings. The number of carbonyl (C=O) groups excluding carboxylic acids is 2. The van der Waals surface area contributed by atoms with Crippen molar-refractivity contribution in [2.45, 2.75) is 32.8 Å². The summed E-state index contributed by atoms with van der Waals surface area (Å²) in [5, 5.41) is 0. The molecule has 0 aromatic heterocycles. The van der Waals surface area contributed by atoms with E-state index in [1.54, 1.807) is 24.3 Å². The molecule has 25 heavy (non-hydrogen) atoms. The minimum atomic E-state index is -0.529. The maximum atomic E-state index is 12.1. The molecule has 138 valence electrons. The molecule has 0 aliphatic carbocycles. The number of rotatable bonds is 7. The van der Waals surface area contributed by atoms with E-state index in [0.717, 1.165) is 23.0 Å². The fourth-order valence-electron chi connectivity index (χ4n) is 2.06. The van der Waals surface area contributed by atoms with Gasteiger partial charge < -0.3 is 14.0 Å². The third-order valence-corrected chi connectivity index (χ3v) is 3.15. The smallest absolute Gasteiger partial charge is 0.338 e. The van der Waals surface area contributed by atoms with Gasteiger partial charge in [-0.25, -0.2) is 9.59 Å². The highest BCUT2D eigenvalue weighted by atomic mass is 16.6. The largest absolute Gasteiger partial charge is 0.462 e. The normalized spacial score (nSPS) is 12.2. The van der Waals surface area contributed by atoms with Gasteiger partial charge >= 0.3 is 11.9 Å². The lowest BCUT2D eigenvalue weighted by Gasteiger charge is -2.23. The highest BCUT2D eigenvalue weighted by Crippen LogP contribution is 2.11. The van der Waals surface area contributed by atoms with Crippen molar-refractivity contribution in [3.05, 3.63) is 41.5 Å². The van der Waals surface area contributed by atoms with Crippen LogP contribution in [-0.2, 0) is 14.3 Å². The van der Waals surface area contributed by atoms with E-state index in [2.05, 4.69) is 21.1 Å². The van der Waals surface area contributed by atoms with Gasteiger partial charge in [0.25, 0.3) is 0 Å². The molecule has 5 nitrogen and oxygen atoms in total. The van der Waals surface area contributed by atoms with Gasteiger partial charge in [-0.1, -0.05) is 12.1 Å². The first-order chi connectivity index (χ1) is 11.5. The molecule has 0 saturated carbocycles. The lowest BCUT2D eigenvalue weighted by molar-refractivity contribution is -0.870. The number of quaternary nitrogens is 1. The van der Waals surface area contributed by atoms with E-state index in [1.165, 1.54) is 6.08 Å². The monoisotopic (exact) mass is 348 g/mol. The van der Waals surface area contributed by atoms with Crippen LogP contribution in [0.1, 0.15) is 43.1 Å². The number of ether oxygens (including phenoxy) is 2. The molecule has 0 unspecified atom stereocenters. The van der Waals surface area contributed by atoms with Crippen LogP contribution in [0.15, 0.2) is 30.3 Å². The molecule has 5 heteroatoms. The summed E-state index contributed by atoms with van der Waals surface area (Å²) in [5.41, 5.74) is 0.682. The van der Waals surface area contributed by atoms with Crippen molar-refractivity contribution in [1.82, 2.24) is 0 Å². The molecule has 0 heterocycles. The third-order valence-electron chi connectivity index (χ3n) is 3.15. The minimum absolute atomic E-state index is 0.353. The SMILES string of the molecule is CC(C)(C)OC(=O)/C=C/c1cccc(C(=O)OCCC[N+](C)(C)C)c1. The molecule has 0 radical (unpaired) electrons. The van der Waals surface area contributed by atoms with Gasteiger partial charge in [0.15, 0.2) is 0 Å². The fourth-order valence-corrected chi connectivity index (χ4v) is 2.06. The van der Waals surface area contributed by atoms with Gasteiger partial charge in [-0.3, -0.25) is 0 Å². The summed E-state index contributed by atoms with van der Waals surface area (Å²) in [6, 6.07) is 6.97. The van der Waals surface area contributed by atoms with Crippen LogP contribution in [0.5, 0.6) is 0 Å². The first kappa shape index (κ1) is 20.9. The first-order valence-corrected chi connectivity index (χ1v) is 8.45. The summed E-state index contributed by atoms with van der Waals surface area (Å²) < 4.78 is 11.4. The van der Waals surface area contributed by atoms with Crippen LogP contribution >= 0.6 is 0 Å². The molecule has 0 fully saturated rings. The minimum Gasteiger partial charge on any atom is -0.462 e. The quantitative estimate of drug-likeness (QED) is 0.328. The zero-order valence-electron chi connectivity index (χ0n) is 16.2. The van der Waals surface area contributed by atoms with Crippen molar-refractivity contribution in [3.8, 4) is 0 Å². The zero-order valence-corrected chi connectivity index (χ0v) is 16.2. The number of nitrogens with zero attached hydrogens (tertiary/aromatic N) is 1. The van der Waals surface area contributed by atoms with Gasteiger partial charge in [0.2, 0.25) is 0 Å². The van der Waals surface area contributed by atoms with Crippen LogP contribution in [0.3, 0.4) is 0 Å². The van der Waals surface area contributed by atoms with Crippen molar-refractivity contribution >= 4 is 18.0 Å². The summed E-state index contributed by atoms with van der Waals surface area (Å²) in [4.78, 5) is 23.8. The maximum absolute atomic E-state index is 12.1. The lowest BCUT2D eigenvalue weighted by Crippen LogP contribution is -2.35. The van der Waals surface area contributed by atoms with Gasteiger partial charge in [0.1, 0.15) is 5.60 Å². The predicted molar refractivity (Wildman–Crippen MR) is 99.1 cm³/mol. The molecular weight excluding hydrogens is 318 g/mol. The molecule has 0 saturated heterocycles. The van der Waals surface area contributed by atoms with E-state index in [-0.39, 0.29) is 5.97 Å². The topological polar surface area (TPSA) is 52.6 Å². The van der Waals surface area contributed by atoms with E-state index >= 15 is 0 Å². The van der Waals surface area contributed by atoms with E-state index in [4.69, 9.17) is 9.47 Å². The van der Waals surface area contributed by atoms with Gasteiger partial charge in [0.05, 0.1) is 39.9 Å².